The minimum absolute atomic E-state index is 0.0114. The maximum Gasteiger partial charge on any atom is 0.310 e. The van der Waals surface area contributed by atoms with Crippen molar-refractivity contribution >= 4 is 5.97 Å². The average Bonchev–Trinajstić information content (AvgIpc) is 2.47. The summed E-state index contributed by atoms with van der Waals surface area (Å²) in [7, 11) is 3.65. The number of esters is 1. The van der Waals surface area contributed by atoms with E-state index in [9.17, 15) is 4.79 Å². The molecule has 0 aromatic carbocycles. The van der Waals surface area contributed by atoms with Gasteiger partial charge in [-0.1, -0.05) is 0 Å². The zero-order chi connectivity index (χ0) is 13.7. The minimum Gasteiger partial charge on any atom is -0.469 e. The number of carbonyl (C=O) groups excluding carboxylic acids is 1. The first-order valence-electron chi connectivity index (χ1n) is 7.27. The molecule has 0 amide bonds. The van der Waals surface area contributed by atoms with Crippen molar-refractivity contribution in [2.24, 2.45) is 11.8 Å². The highest BCUT2D eigenvalue weighted by atomic mass is 16.5. The van der Waals surface area contributed by atoms with Gasteiger partial charge in [0.1, 0.15) is 0 Å². The molecule has 0 bridgehead atoms. The Balaban J connectivity index is 1.91. The van der Waals surface area contributed by atoms with Crippen LogP contribution in [0.3, 0.4) is 0 Å². The molecule has 0 aromatic heterocycles. The van der Waals surface area contributed by atoms with E-state index in [1.807, 2.05) is 0 Å². The highest BCUT2D eigenvalue weighted by Gasteiger charge is 2.32. The van der Waals surface area contributed by atoms with Crippen LogP contribution in [-0.4, -0.2) is 75.9 Å². The van der Waals surface area contributed by atoms with Crippen LogP contribution in [0.25, 0.3) is 0 Å². The summed E-state index contributed by atoms with van der Waals surface area (Å²) in [5, 5.41) is 0. The summed E-state index contributed by atoms with van der Waals surface area (Å²) in [6.45, 7) is 6.66. The standard InChI is InChI=1S/C14H26N2O3/c1-15-5-7-16(8-6-15)11-13(14(17)18-2)12-3-9-19-10-4-12/h12-13H,3-11H2,1-2H3. The quantitative estimate of drug-likeness (QED) is 0.694. The number of ether oxygens (including phenoxy) is 2. The van der Waals surface area contributed by atoms with Crippen LogP contribution in [0.4, 0.5) is 0 Å². The first-order valence-corrected chi connectivity index (χ1v) is 7.27. The Labute approximate surface area is 115 Å². The lowest BCUT2D eigenvalue weighted by molar-refractivity contribution is -0.149. The highest BCUT2D eigenvalue weighted by Crippen LogP contribution is 2.26. The zero-order valence-corrected chi connectivity index (χ0v) is 12.1. The molecular formula is C14H26N2O3. The van der Waals surface area contributed by atoms with Crippen LogP contribution >= 0.6 is 0 Å². The van der Waals surface area contributed by atoms with Gasteiger partial charge in [0.25, 0.3) is 0 Å². The maximum atomic E-state index is 12.0. The van der Waals surface area contributed by atoms with E-state index in [0.29, 0.717) is 5.92 Å². The number of hydrogen-bond acceptors (Lipinski definition) is 5. The van der Waals surface area contributed by atoms with Crippen LogP contribution < -0.4 is 0 Å². The number of methoxy groups -OCH3 is 1. The topological polar surface area (TPSA) is 42.0 Å². The molecule has 0 N–H and O–H groups in total. The van der Waals surface area contributed by atoms with E-state index in [2.05, 4.69) is 16.8 Å². The summed E-state index contributed by atoms with van der Waals surface area (Å²) in [6, 6.07) is 0. The molecule has 0 saturated carbocycles. The molecule has 2 heterocycles. The van der Waals surface area contributed by atoms with Crippen molar-refractivity contribution in [2.45, 2.75) is 12.8 Å². The van der Waals surface area contributed by atoms with Crippen molar-refractivity contribution < 1.29 is 14.3 Å². The molecule has 2 fully saturated rings. The van der Waals surface area contributed by atoms with Crippen LogP contribution in [0, 0.1) is 11.8 Å². The van der Waals surface area contributed by atoms with Crippen LogP contribution in [-0.2, 0) is 14.3 Å². The van der Waals surface area contributed by atoms with Gasteiger partial charge in [0.2, 0.25) is 0 Å². The van der Waals surface area contributed by atoms with Crippen LogP contribution in [0.2, 0.25) is 0 Å². The van der Waals surface area contributed by atoms with Gasteiger partial charge in [0, 0.05) is 45.9 Å². The molecule has 5 heteroatoms. The molecule has 0 radical (unpaired) electrons. The van der Waals surface area contributed by atoms with Gasteiger partial charge >= 0.3 is 5.97 Å². The number of piperazine rings is 1. The number of nitrogens with zero attached hydrogens (tertiary/aromatic N) is 2. The summed E-state index contributed by atoms with van der Waals surface area (Å²) in [5.41, 5.74) is 0. The molecule has 0 aromatic rings. The van der Waals surface area contributed by atoms with Gasteiger partial charge in [-0.3, -0.25) is 9.69 Å². The fraction of sp³-hybridized carbons (Fsp3) is 0.929. The molecule has 110 valence electrons. The molecule has 2 rings (SSSR count). The van der Waals surface area contributed by atoms with Crippen LogP contribution in [0.1, 0.15) is 12.8 Å². The average molecular weight is 270 g/mol. The maximum absolute atomic E-state index is 12.0. The van der Waals surface area contributed by atoms with E-state index in [0.717, 1.165) is 58.8 Å². The third-order valence-corrected chi connectivity index (χ3v) is 4.39. The molecule has 5 nitrogen and oxygen atoms in total. The number of hydrogen-bond donors (Lipinski definition) is 0. The van der Waals surface area contributed by atoms with E-state index in [-0.39, 0.29) is 11.9 Å². The minimum atomic E-state index is -0.0502. The molecule has 2 saturated heterocycles. The van der Waals surface area contributed by atoms with E-state index in [4.69, 9.17) is 9.47 Å². The second-order valence-corrected chi connectivity index (χ2v) is 5.68. The Kier molecular flexibility index (Phi) is 5.60. The van der Waals surface area contributed by atoms with Crippen LogP contribution in [0.5, 0.6) is 0 Å². The summed E-state index contributed by atoms with van der Waals surface area (Å²) < 4.78 is 10.4. The van der Waals surface area contributed by atoms with Gasteiger partial charge in [0.05, 0.1) is 13.0 Å². The Bertz CT molecular complexity index is 284. The third-order valence-electron chi connectivity index (χ3n) is 4.39. The number of likely N-dealkylation sites (N-methyl/N-ethyl adjacent to an activating group) is 1. The molecule has 0 spiro atoms. The smallest absolute Gasteiger partial charge is 0.310 e. The normalized spacial score (nSPS) is 25.2. The van der Waals surface area contributed by atoms with Gasteiger partial charge in [-0.15, -0.1) is 0 Å². The second kappa shape index (κ2) is 7.22. The van der Waals surface area contributed by atoms with Crippen LogP contribution in [0.15, 0.2) is 0 Å². The number of rotatable bonds is 4. The van der Waals surface area contributed by atoms with Gasteiger partial charge < -0.3 is 14.4 Å². The molecule has 19 heavy (non-hydrogen) atoms. The molecule has 1 atom stereocenters. The van der Waals surface area contributed by atoms with Gasteiger partial charge in [-0.2, -0.15) is 0 Å². The Hall–Kier alpha value is -0.650. The van der Waals surface area contributed by atoms with Gasteiger partial charge in [-0.05, 0) is 25.8 Å². The lowest BCUT2D eigenvalue weighted by Gasteiger charge is -2.36. The summed E-state index contributed by atoms with van der Waals surface area (Å²) in [6.07, 6.45) is 1.96. The van der Waals surface area contributed by atoms with Crippen molar-refractivity contribution in [2.75, 3.05) is 60.1 Å². The SMILES string of the molecule is COC(=O)C(CN1CCN(C)CC1)C1CCOCC1. The Morgan fingerprint density at radius 3 is 2.47 bits per heavy atom. The van der Waals surface area contributed by atoms with Crippen molar-refractivity contribution in [1.29, 1.82) is 0 Å². The van der Waals surface area contributed by atoms with E-state index in [1.54, 1.807) is 0 Å². The van der Waals surface area contributed by atoms with Gasteiger partial charge in [-0.25, -0.2) is 0 Å². The van der Waals surface area contributed by atoms with Crippen molar-refractivity contribution in [3.05, 3.63) is 0 Å². The van der Waals surface area contributed by atoms with Gasteiger partial charge in [0.15, 0.2) is 0 Å². The van der Waals surface area contributed by atoms with E-state index in [1.165, 1.54) is 7.11 Å². The third kappa shape index (κ3) is 4.16. The molecule has 2 aliphatic rings. The fourth-order valence-corrected chi connectivity index (χ4v) is 2.99. The zero-order valence-electron chi connectivity index (χ0n) is 12.1. The molecular weight excluding hydrogens is 244 g/mol. The molecule has 2 aliphatic heterocycles. The molecule has 0 aliphatic carbocycles. The number of carbonyl (C=O) groups is 1. The monoisotopic (exact) mass is 270 g/mol. The fourth-order valence-electron chi connectivity index (χ4n) is 2.99. The van der Waals surface area contributed by atoms with Crippen molar-refractivity contribution in [3.63, 3.8) is 0 Å². The Morgan fingerprint density at radius 2 is 1.89 bits per heavy atom. The first-order chi connectivity index (χ1) is 9.20. The Morgan fingerprint density at radius 1 is 1.26 bits per heavy atom. The second-order valence-electron chi connectivity index (χ2n) is 5.68. The van der Waals surface area contributed by atoms with E-state index >= 15 is 0 Å². The van der Waals surface area contributed by atoms with E-state index < -0.39 is 0 Å². The lowest BCUT2D eigenvalue weighted by Crippen LogP contribution is -2.48. The largest absolute Gasteiger partial charge is 0.469 e. The summed E-state index contributed by atoms with van der Waals surface area (Å²) in [5.74, 6) is 0.379. The summed E-state index contributed by atoms with van der Waals surface area (Å²) in [4.78, 5) is 16.8. The highest BCUT2D eigenvalue weighted by molar-refractivity contribution is 5.73. The van der Waals surface area contributed by atoms with Crippen molar-refractivity contribution in [3.8, 4) is 0 Å². The molecule has 1 unspecified atom stereocenters. The first kappa shape index (κ1) is 14.8. The predicted octanol–water partition coefficient (Wildman–Crippen LogP) is 0.450. The van der Waals surface area contributed by atoms with Crippen molar-refractivity contribution in [1.82, 2.24) is 9.80 Å². The lowest BCUT2D eigenvalue weighted by atomic mass is 9.85. The summed E-state index contributed by atoms with van der Waals surface area (Å²) >= 11 is 0. The predicted molar refractivity (Wildman–Crippen MR) is 73.0 cm³/mol.